The third kappa shape index (κ3) is 5.43. The number of piperidine rings is 1. The van der Waals surface area contributed by atoms with E-state index in [9.17, 15) is 9.59 Å². The van der Waals surface area contributed by atoms with Crippen LogP contribution in [0.1, 0.15) is 47.7 Å². The van der Waals surface area contributed by atoms with E-state index in [0.29, 0.717) is 17.2 Å². The van der Waals surface area contributed by atoms with Crippen molar-refractivity contribution in [3.63, 3.8) is 0 Å². The lowest BCUT2D eigenvalue weighted by molar-refractivity contribution is -0.114. The van der Waals surface area contributed by atoms with E-state index < -0.39 is 0 Å². The summed E-state index contributed by atoms with van der Waals surface area (Å²) in [7, 11) is 0. The first-order valence-electron chi connectivity index (χ1n) is 9.74. The number of aryl methyl sites for hydroxylation is 2. The molecule has 2 aromatic carbocycles. The Hall–Kier alpha value is -2.62. The minimum Gasteiger partial charge on any atom is -0.339 e. The number of nitrogens with one attached hydrogen (secondary N) is 1. The van der Waals surface area contributed by atoms with Crippen LogP contribution < -0.4 is 5.32 Å². The fraction of sp³-hybridized carbons (Fsp3) is 0.391. The molecule has 3 rings (SSSR count). The first-order chi connectivity index (χ1) is 13.0. The van der Waals surface area contributed by atoms with E-state index in [1.165, 1.54) is 24.5 Å². The smallest absolute Gasteiger partial charge is 0.253 e. The van der Waals surface area contributed by atoms with Gasteiger partial charge in [-0.1, -0.05) is 35.9 Å². The van der Waals surface area contributed by atoms with Gasteiger partial charge in [0.25, 0.3) is 5.91 Å². The Labute approximate surface area is 161 Å². The number of carbonyl (C=O) groups excluding carboxylic acids is 2. The van der Waals surface area contributed by atoms with Gasteiger partial charge in [-0.15, -0.1) is 0 Å². The van der Waals surface area contributed by atoms with Gasteiger partial charge in [0.2, 0.25) is 5.91 Å². The van der Waals surface area contributed by atoms with Gasteiger partial charge in [0.05, 0.1) is 0 Å². The lowest BCUT2D eigenvalue weighted by atomic mass is 9.90. The van der Waals surface area contributed by atoms with Crippen LogP contribution in [0, 0.1) is 12.8 Å². The SMILES string of the molecule is CC(=O)Nc1cccc(C(=O)N2CCC(CCc3ccc(C)cc3)CC2)c1. The second kappa shape index (κ2) is 8.85. The second-order valence-corrected chi connectivity index (χ2v) is 7.52. The maximum atomic E-state index is 12.8. The monoisotopic (exact) mass is 364 g/mol. The predicted octanol–water partition coefficient (Wildman–Crippen LogP) is 4.44. The second-order valence-electron chi connectivity index (χ2n) is 7.52. The van der Waals surface area contributed by atoms with Crippen molar-refractivity contribution in [1.82, 2.24) is 4.90 Å². The van der Waals surface area contributed by atoms with Crippen molar-refractivity contribution in [2.75, 3.05) is 18.4 Å². The Morgan fingerprint density at radius 3 is 2.44 bits per heavy atom. The largest absolute Gasteiger partial charge is 0.339 e. The number of hydrogen-bond donors (Lipinski definition) is 1. The number of hydrogen-bond acceptors (Lipinski definition) is 2. The molecule has 4 heteroatoms. The van der Waals surface area contributed by atoms with Crippen LogP contribution in [-0.4, -0.2) is 29.8 Å². The van der Waals surface area contributed by atoms with Gasteiger partial charge in [0.1, 0.15) is 0 Å². The van der Waals surface area contributed by atoms with Gasteiger partial charge < -0.3 is 10.2 Å². The van der Waals surface area contributed by atoms with Crippen LogP contribution in [-0.2, 0) is 11.2 Å². The molecule has 0 saturated carbocycles. The summed E-state index contributed by atoms with van der Waals surface area (Å²) in [5.41, 5.74) is 4.00. The Morgan fingerprint density at radius 2 is 1.78 bits per heavy atom. The number of nitrogens with zero attached hydrogens (tertiary/aromatic N) is 1. The summed E-state index contributed by atoms with van der Waals surface area (Å²) in [5.74, 6) is 0.606. The van der Waals surface area contributed by atoms with Crippen molar-refractivity contribution < 1.29 is 9.59 Å². The summed E-state index contributed by atoms with van der Waals surface area (Å²) in [6.07, 6.45) is 4.41. The fourth-order valence-corrected chi connectivity index (χ4v) is 3.67. The van der Waals surface area contributed by atoms with Gasteiger partial charge in [0.15, 0.2) is 0 Å². The zero-order valence-corrected chi connectivity index (χ0v) is 16.2. The average molecular weight is 364 g/mol. The van der Waals surface area contributed by atoms with Crippen molar-refractivity contribution in [3.8, 4) is 0 Å². The van der Waals surface area contributed by atoms with Crippen molar-refractivity contribution >= 4 is 17.5 Å². The molecule has 27 heavy (non-hydrogen) atoms. The zero-order valence-electron chi connectivity index (χ0n) is 16.2. The number of benzene rings is 2. The van der Waals surface area contributed by atoms with Gasteiger partial charge in [-0.3, -0.25) is 9.59 Å². The highest BCUT2D eigenvalue weighted by Gasteiger charge is 2.23. The lowest BCUT2D eigenvalue weighted by Crippen LogP contribution is -2.38. The normalized spacial score (nSPS) is 14.8. The highest BCUT2D eigenvalue weighted by atomic mass is 16.2. The molecular weight excluding hydrogens is 336 g/mol. The molecule has 0 atom stereocenters. The minimum absolute atomic E-state index is 0.0548. The maximum absolute atomic E-state index is 12.8. The molecule has 1 heterocycles. The third-order valence-electron chi connectivity index (χ3n) is 5.29. The standard InChI is InChI=1S/C23H28N2O2/c1-17-6-8-19(9-7-17)10-11-20-12-14-25(15-13-20)23(27)21-4-3-5-22(16-21)24-18(2)26/h3-9,16,20H,10-15H2,1-2H3,(H,24,26). The average Bonchev–Trinajstić information content (AvgIpc) is 2.67. The van der Waals surface area contributed by atoms with E-state index in [1.807, 2.05) is 17.0 Å². The molecule has 1 saturated heterocycles. The molecule has 0 bridgehead atoms. The van der Waals surface area contributed by atoms with Crippen LogP contribution in [0.15, 0.2) is 48.5 Å². The summed E-state index contributed by atoms with van der Waals surface area (Å²) in [6.45, 7) is 5.20. The van der Waals surface area contributed by atoms with Gasteiger partial charge in [0, 0.05) is 31.3 Å². The van der Waals surface area contributed by atoms with E-state index in [0.717, 1.165) is 32.4 Å². The van der Waals surface area contributed by atoms with E-state index in [1.54, 1.807) is 12.1 Å². The van der Waals surface area contributed by atoms with Crippen molar-refractivity contribution in [2.45, 2.75) is 39.5 Å². The summed E-state index contributed by atoms with van der Waals surface area (Å²) in [6, 6.07) is 16.0. The van der Waals surface area contributed by atoms with Crippen LogP contribution >= 0.6 is 0 Å². The first kappa shape index (κ1) is 19.2. The molecule has 1 aliphatic heterocycles. The number of amides is 2. The van der Waals surface area contributed by atoms with Crippen molar-refractivity contribution in [2.24, 2.45) is 5.92 Å². The Bertz CT molecular complexity index is 790. The highest BCUT2D eigenvalue weighted by molar-refractivity contribution is 5.96. The molecule has 2 aromatic rings. The molecule has 2 amide bonds. The maximum Gasteiger partial charge on any atom is 0.253 e. The van der Waals surface area contributed by atoms with Crippen LogP contribution in [0.25, 0.3) is 0 Å². The number of likely N-dealkylation sites (tertiary alicyclic amines) is 1. The third-order valence-corrected chi connectivity index (χ3v) is 5.29. The highest BCUT2D eigenvalue weighted by Crippen LogP contribution is 2.24. The van der Waals surface area contributed by atoms with Crippen LogP contribution in [0.4, 0.5) is 5.69 Å². The molecule has 1 aliphatic rings. The van der Waals surface area contributed by atoms with E-state index in [-0.39, 0.29) is 11.8 Å². The number of carbonyl (C=O) groups is 2. The van der Waals surface area contributed by atoms with Gasteiger partial charge in [-0.05, 0) is 62.3 Å². The van der Waals surface area contributed by atoms with Crippen molar-refractivity contribution in [3.05, 3.63) is 65.2 Å². The molecule has 0 unspecified atom stereocenters. The first-order valence-corrected chi connectivity index (χ1v) is 9.74. The molecule has 142 valence electrons. The molecule has 1 N–H and O–H groups in total. The molecular formula is C23H28N2O2. The van der Waals surface area contributed by atoms with E-state index in [2.05, 4.69) is 36.5 Å². The van der Waals surface area contributed by atoms with Crippen LogP contribution in [0.2, 0.25) is 0 Å². The van der Waals surface area contributed by atoms with Gasteiger partial charge in [-0.25, -0.2) is 0 Å². The number of rotatable bonds is 5. The van der Waals surface area contributed by atoms with E-state index in [4.69, 9.17) is 0 Å². The van der Waals surface area contributed by atoms with Crippen LogP contribution in [0.5, 0.6) is 0 Å². The minimum atomic E-state index is -0.131. The Kier molecular flexibility index (Phi) is 6.28. The summed E-state index contributed by atoms with van der Waals surface area (Å²) < 4.78 is 0. The molecule has 4 nitrogen and oxygen atoms in total. The molecule has 0 radical (unpaired) electrons. The predicted molar refractivity (Wildman–Crippen MR) is 109 cm³/mol. The van der Waals surface area contributed by atoms with E-state index >= 15 is 0 Å². The Balaban J connectivity index is 1.50. The molecule has 1 fully saturated rings. The van der Waals surface area contributed by atoms with Gasteiger partial charge in [-0.2, -0.15) is 0 Å². The topological polar surface area (TPSA) is 49.4 Å². The molecule has 0 spiro atoms. The van der Waals surface area contributed by atoms with Gasteiger partial charge >= 0.3 is 0 Å². The lowest BCUT2D eigenvalue weighted by Gasteiger charge is -2.32. The summed E-state index contributed by atoms with van der Waals surface area (Å²) >= 11 is 0. The van der Waals surface area contributed by atoms with Crippen LogP contribution in [0.3, 0.4) is 0 Å². The quantitative estimate of drug-likeness (QED) is 0.853. The summed E-state index contributed by atoms with van der Waals surface area (Å²) in [4.78, 5) is 25.9. The zero-order chi connectivity index (χ0) is 19.2. The van der Waals surface area contributed by atoms with Crippen molar-refractivity contribution in [1.29, 1.82) is 0 Å². The Morgan fingerprint density at radius 1 is 1.07 bits per heavy atom. The molecule has 0 aliphatic carbocycles. The molecule has 0 aromatic heterocycles. The fourth-order valence-electron chi connectivity index (χ4n) is 3.67. The number of anilines is 1. The summed E-state index contributed by atoms with van der Waals surface area (Å²) in [5, 5.41) is 2.74.